The molecule has 1 N–H and O–H groups in total. The van der Waals surface area contributed by atoms with E-state index in [1.54, 1.807) is 0 Å². The van der Waals surface area contributed by atoms with Crippen molar-refractivity contribution in [3.05, 3.63) is 71.3 Å². The monoisotopic (exact) mass is 424 g/mol. The molecule has 0 bridgehead atoms. The summed E-state index contributed by atoms with van der Waals surface area (Å²) >= 11 is 5.45. The van der Waals surface area contributed by atoms with Gasteiger partial charge in [0.15, 0.2) is 5.11 Å². The molecule has 2 aromatic rings. The first-order chi connectivity index (χ1) is 14.5. The fourth-order valence-electron chi connectivity index (χ4n) is 3.69. The Balaban J connectivity index is 1.36. The van der Waals surface area contributed by atoms with Crippen LogP contribution in [-0.2, 0) is 17.8 Å². The molecule has 1 saturated heterocycles. The molecule has 1 amide bonds. The SMILES string of the molecule is Cc1cccc(CN2CCN(C(=O)CN(C)C(=S)NCCc3ccccc3)CC2)c1. The van der Waals surface area contributed by atoms with Gasteiger partial charge in [-0.25, -0.2) is 0 Å². The molecule has 160 valence electrons. The van der Waals surface area contributed by atoms with Gasteiger partial charge in [0.05, 0.1) is 6.54 Å². The first-order valence-corrected chi connectivity index (χ1v) is 11.0. The molecular formula is C24H32N4OS. The molecule has 2 aromatic carbocycles. The van der Waals surface area contributed by atoms with Crippen LogP contribution in [0.5, 0.6) is 0 Å². The third-order valence-electron chi connectivity index (χ3n) is 5.47. The lowest BCUT2D eigenvalue weighted by atomic mass is 10.1. The number of rotatable bonds is 7. The summed E-state index contributed by atoms with van der Waals surface area (Å²) in [5.74, 6) is 0.139. The number of benzene rings is 2. The molecule has 5 nitrogen and oxygen atoms in total. The molecule has 1 aliphatic heterocycles. The van der Waals surface area contributed by atoms with Crippen LogP contribution in [0.2, 0.25) is 0 Å². The number of nitrogens with one attached hydrogen (secondary N) is 1. The van der Waals surface area contributed by atoms with Gasteiger partial charge in [-0.05, 0) is 36.7 Å². The van der Waals surface area contributed by atoms with Gasteiger partial charge in [-0.2, -0.15) is 0 Å². The predicted octanol–water partition coefficient (Wildman–Crippen LogP) is 2.69. The summed E-state index contributed by atoms with van der Waals surface area (Å²) in [6.45, 7) is 7.50. The topological polar surface area (TPSA) is 38.8 Å². The summed E-state index contributed by atoms with van der Waals surface area (Å²) in [5, 5.41) is 3.88. The Labute approximate surface area is 185 Å². The fraction of sp³-hybridized carbons (Fsp3) is 0.417. The van der Waals surface area contributed by atoms with E-state index in [9.17, 15) is 4.79 Å². The van der Waals surface area contributed by atoms with Gasteiger partial charge < -0.3 is 15.1 Å². The maximum atomic E-state index is 12.7. The smallest absolute Gasteiger partial charge is 0.242 e. The van der Waals surface area contributed by atoms with E-state index in [1.165, 1.54) is 16.7 Å². The average molecular weight is 425 g/mol. The van der Waals surface area contributed by atoms with Crippen molar-refractivity contribution in [2.24, 2.45) is 0 Å². The fourth-order valence-corrected chi connectivity index (χ4v) is 3.86. The molecule has 0 aliphatic carbocycles. The highest BCUT2D eigenvalue weighted by Crippen LogP contribution is 2.10. The number of piperazine rings is 1. The van der Waals surface area contributed by atoms with Crippen molar-refractivity contribution >= 4 is 23.2 Å². The Hall–Kier alpha value is -2.44. The van der Waals surface area contributed by atoms with E-state index < -0.39 is 0 Å². The summed E-state index contributed by atoms with van der Waals surface area (Å²) in [4.78, 5) is 18.9. The summed E-state index contributed by atoms with van der Waals surface area (Å²) in [5.41, 5.74) is 3.90. The van der Waals surface area contributed by atoms with Crippen LogP contribution in [-0.4, -0.2) is 72.0 Å². The largest absolute Gasteiger partial charge is 0.362 e. The first kappa shape index (κ1) is 22.2. The highest BCUT2D eigenvalue weighted by atomic mass is 32.1. The van der Waals surface area contributed by atoms with Gasteiger partial charge in [-0.1, -0.05) is 60.2 Å². The molecule has 0 radical (unpaired) electrons. The minimum absolute atomic E-state index is 0.139. The molecule has 0 unspecified atom stereocenters. The van der Waals surface area contributed by atoms with Crippen molar-refractivity contribution in [3.63, 3.8) is 0 Å². The minimum Gasteiger partial charge on any atom is -0.362 e. The van der Waals surface area contributed by atoms with Crippen molar-refractivity contribution in [1.29, 1.82) is 0 Å². The van der Waals surface area contributed by atoms with Crippen molar-refractivity contribution in [2.45, 2.75) is 19.9 Å². The maximum Gasteiger partial charge on any atom is 0.242 e. The number of aryl methyl sites for hydroxylation is 1. The van der Waals surface area contributed by atoms with Gasteiger partial charge in [0.2, 0.25) is 5.91 Å². The Bertz CT molecular complexity index is 834. The van der Waals surface area contributed by atoms with Crippen molar-refractivity contribution in [1.82, 2.24) is 20.0 Å². The molecule has 1 heterocycles. The van der Waals surface area contributed by atoms with E-state index in [-0.39, 0.29) is 5.91 Å². The molecule has 30 heavy (non-hydrogen) atoms. The van der Waals surface area contributed by atoms with Gasteiger partial charge in [0.1, 0.15) is 0 Å². The molecule has 0 aromatic heterocycles. The van der Waals surface area contributed by atoms with Gasteiger partial charge in [-0.15, -0.1) is 0 Å². The van der Waals surface area contributed by atoms with Crippen LogP contribution in [0.25, 0.3) is 0 Å². The highest BCUT2D eigenvalue weighted by molar-refractivity contribution is 7.80. The Kier molecular flexibility index (Phi) is 8.22. The number of hydrogen-bond donors (Lipinski definition) is 1. The third-order valence-corrected chi connectivity index (χ3v) is 5.92. The van der Waals surface area contributed by atoms with Gasteiger partial charge in [0, 0.05) is 46.3 Å². The van der Waals surface area contributed by atoms with Crippen molar-refractivity contribution < 1.29 is 4.79 Å². The van der Waals surface area contributed by atoms with Crippen LogP contribution >= 0.6 is 12.2 Å². The lowest BCUT2D eigenvalue weighted by molar-refractivity contribution is -0.133. The van der Waals surface area contributed by atoms with Crippen LogP contribution in [0, 0.1) is 6.92 Å². The first-order valence-electron chi connectivity index (χ1n) is 10.6. The number of nitrogens with zero attached hydrogens (tertiary/aromatic N) is 3. The van der Waals surface area contributed by atoms with Gasteiger partial charge in [-0.3, -0.25) is 9.69 Å². The third kappa shape index (κ3) is 6.82. The second-order valence-corrected chi connectivity index (χ2v) is 8.36. The molecule has 0 saturated carbocycles. The minimum atomic E-state index is 0.139. The number of amides is 1. The second kappa shape index (κ2) is 11.1. The predicted molar refractivity (Wildman–Crippen MR) is 126 cm³/mol. The molecule has 0 spiro atoms. The van der Waals surface area contributed by atoms with Gasteiger partial charge >= 0.3 is 0 Å². The zero-order valence-corrected chi connectivity index (χ0v) is 18.8. The second-order valence-electron chi connectivity index (χ2n) is 7.97. The number of carbonyl (C=O) groups is 1. The summed E-state index contributed by atoms with van der Waals surface area (Å²) in [6, 6.07) is 19.0. The molecular weight excluding hydrogens is 392 g/mol. The lowest BCUT2D eigenvalue weighted by Crippen LogP contribution is -2.51. The van der Waals surface area contributed by atoms with E-state index in [1.807, 2.05) is 35.0 Å². The zero-order chi connectivity index (χ0) is 21.3. The average Bonchev–Trinajstić information content (AvgIpc) is 2.75. The molecule has 0 atom stereocenters. The number of thiocarbonyl (C=S) groups is 1. The molecule has 6 heteroatoms. The lowest BCUT2D eigenvalue weighted by Gasteiger charge is -2.35. The van der Waals surface area contributed by atoms with Crippen LogP contribution in [0.4, 0.5) is 0 Å². The standard InChI is InChI=1S/C24H32N4OS/c1-20-7-6-10-22(17-20)18-27-13-15-28(16-14-27)23(29)19-26(2)24(30)25-12-11-21-8-4-3-5-9-21/h3-10,17H,11-16,18-19H2,1-2H3,(H,25,30). The van der Waals surface area contributed by atoms with E-state index in [0.717, 1.165) is 45.7 Å². The van der Waals surface area contributed by atoms with E-state index >= 15 is 0 Å². The van der Waals surface area contributed by atoms with Gasteiger partial charge in [0.25, 0.3) is 0 Å². The van der Waals surface area contributed by atoms with Crippen molar-refractivity contribution in [3.8, 4) is 0 Å². The Morgan fingerprint density at radius 2 is 1.73 bits per heavy atom. The van der Waals surface area contributed by atoms with Crippen LogP contribution in [0.1, 0.15) is 16.7 Å². The van der Waals surface area contributed by atoms with E-state index in [0.29, 0.717) is 11.7 Å². The van der Waals surface area contributed by atoms with Crippen LogP contribution in [0.3, 0.4) is 0 Å². The zero-order valence-electron chi connectivity index (χ0n) is 18.0. The Morgan fingerprint density at radius 3 is 2.43 bits per heavy atom. The summed E-state index contributed by atoms with van der Waals surface area (Å²) in [6.07, 6.45) is 0.908. The Morgan fingerprint density at radius 1 is 1.03 bits per heavy atom. The van der Waals surface area contributed by atoms with E-state index in [4.69, 9.17) is 12.2 Å². The number of hydrogen-bond acceptors (Lipinski definition) is 3. The number of likely N-dealkylation sites (N-methyl/N-ethyl adjacent to an activating group) is 1. The molecule has 1 aliphatic rings. The summed E-state index contributed by atoms with van der Waals surface area (Å²) < 4.78 is 0. The molecule has 1 fully saturated rings. The maximum absolute atomic E-state index is 12.7. The quantitative estimate of drug-likeness (QED) is 0.692. The summed E-state index contributed by atoms with van der Waals surface area (Å²) in [7, 11) is 1.88. The molecule has 3 rings (SSSR count). The number of carbonyl (C=O) groups excluding carboxylic acids is 1. The normalized spacial score (nSPS) is 14.4. The van der Waals surface area contributed by atoms with E-state index in [2.05, 4.69) is 53.5 Å². The van der Waals surface area contributed by atoms with Crippen molar-refractivity contribution in [2.75, 3.05) is 46.3 Å². The van der Waals surface area contributed by atoms with Crippen LogP contribution < -0.4 is 5.32 Å². The van der Waals surface area contributed by atoms with Crippen LogP contribution in [0.15, 0.2) is 54.6 Å². The highest BCUT2D eigenvalue weighted by Gasteiger charge is 2.22.